The van der Waals surface area contributed by atoms with Crippen molar-refractivity contribution in [3.05, 3.63) is 59.3 Å². The number of carbonyl (C=O) groups is 1. The van der Waals surface area contributed by atoms with Crippen LogP contribution in [0.15, 0.2) is 36.4 Å². The van der Waals surface area contributed by atoms with Crippen LogP contribution in [0.4, 0.5) is 20.3 Å². The lowest BCUT2D eigenvalue weighted by Gasteiger charge is -2.43. The maximum absolute atomic E-state index is 15.0. The third kappa shape index (κ3) is 4.20. The van der Waals surface area contributed by atoms with E-state index in [9.17, 15) is 13.6 Å². The molecule has 0 bridgehead atoms. The molecule has 5 rings (SSSR count). The number of hydrogen-bond acceptors (Lipinski definition) is 6. The lowest BCUT2D eigenvalue weighted by Crippen LogP contribution is -2.55. The minimum Gasteiger partial charge on any atom is -0.382 e. The molecule has 0 unspecified atom stereocenters. The van der Waals surface area contributed by atoms with Crippen LogP contribution in [0.5, 0.6) is 0 Å². The smallest absolute Gasteiger partial charge is 0.251 e. The number of nitrogen functional groups attached to an aromatic ring is 1. The molecule has 1 fully saturated rings. The largest absolute Gasteiger partial charge is 0.382 e. The molecule has 3 heterocycles. The molecular weight excluding hydrogens is 450 g/mol. The van der Waals surface area contributed by atoms with E-state index in [2.05, 4.69) is 46.0 Å². The van der Waals surface area contributed by atoms with Gasteiger partial charge in [-0.05, 0) is 57.1 Å². The van der Waals surface area contributed by atoms with Gasteiger partial charge in [0.15, 0.2) is 5.82 Å². The van der Waals surface area contributed by atoms with Crippen molar-refractivity contribution in [1.82, 2.24) is 20.2 Å². The second-order valence-corrected chi connectivity index (χ2v) is 9.41. The number of amides is 1. The van der Waals surface area contributed by atoms with E-state index in [4.69, 9.17) is 5.73 Å². The van der Waals surface area contributed by atoms with Crippen molar-refractivity contribution >= 4 is 17.4 Å². The number of aromatic nitrogens is 2. The van der Waals surface area contributed by atoms with Crippen LogP contribution in [0.2, 0.25) is 0 Å². The van der Waals surface area contributed by atoms with Gasteiger partial charge in [0.25, 0.3) is 5.91 Å². The fraction of sp³-hybridized carbons (Fsp3) is 0.346. The summed E-state index contributed by atoms with van der Waals surface area (Å²) in [5, 5.41) is 2.70. The monoisotopic (exact) mass is 478 g/mol. The van der Waals surface area contributed by atoms with Gasteiger partial charge in [-0.3, -0.25) is 9.69 Å². The molecule has 2 atom stereocenters. The van der Waals surface area contributed by atoms with E-state index in [-0.39, 0.29) is 34.2 Å². The number of halogens is 2. The summed E-state index contributed by atoms with van der Waals surface area (Å²) in [5.74, 6) is -2.01. The second kappa shape index (κ2) is 8.88. The summed E-state index contributed by atoms with van der Waals surface area (Å²) < 4.78 is 29.8. The first-order chi connectivity index (χ1) is 16.7. The molecule has 0 aliphatic carbocycles. The van der Waals surface area contributed by atoms with Crippen molar-refractivity contribution in [3.8, 4) is 22.5 Å². The molecule has 1 amide bonds. The van der Waals surface area contributed by atoms with Gasteiger partial charge in [-0.1, -0.05) is 12.1 Å². The number of hydrogen-bond donors (Lipinski definition) is 2. The number of piperazine rings is 1. The Kier molecular flexibility index (Phi) is 5.88. The highest BCUT2D eigenvalue weighted by Crippen LogP contribution is 2.33. The van der Waals surface area contributed by atoms with Gasteiger partial charge in [-0.25, -0.2) is 9.37 Å². The maximum Gasteiger partial charge on any atom is 0.251 e. The lowest BCUT2D eigenvalue weighted by molar-refractivity contribution is 0.0945. The SMILES string of the molecule is C[C@@H]1CN(c2ccc(-c3nc(-c4cc5c(cc4F)C(=O)NCC5)c(N)nc3F)cc2)C[C@H](C)N1C. The molecule has 1 saturated heterocycles. The highest BCUT2D eigenvalue weighted by Gasteiger charge is 2.27. The van der Waals surface area contributed by atoms with Gasteiger partial charge in [-0.15, -0.1) is 0 Å². The van der Waals surface area contributed by atoms with Crippen LogP contribution in [0.1, 0.15) is 29.8 Å². The fourth-order valence-corrected chi connectivity index (χ4v) is 4.88. The number of fused-ring (bicyclic) bond motifs is 1. The van der Waals surface area contributed by atoms with Crippen molar-refractivity contribution in [1.29, 1.82) is 0 Å². The topological polar surface area (TPSA) is 87.4 Å². The highest BCUT2D eigenvalue weighted by molar-refractivity contribution is 5.97. The maximum atomic E-state index is 15.0. The number of likely N-dealkylation sites (N-methyl/N-ethyl adjacent to an activating group) is 1. The first-order valence-corrected chi connectivity index (χ1v) is 11.7. The number of anilines is 2. The molecule has 0 radical (unpaired) electrons. The Labute approximate surface area is 203 Å². The van der Waals surface area contributed by atoms with Gasteiger partial charge >= 0.3 is 0 Å². The minimum atomic E-state index is -0.821. The number of nitrogens with two attached hydrogens (primary N) is 1. The molecular formula is C26H28F2N6O. The number of carbonyl (C=O) groups excluding carboxylic acids is 1. The lowest BCUT2D eigenvalue weighted by atomic mass is 9.96. The van der Waals surface area contributed by atoms with Crippen LogP contribution in [-0.4, -0.2) is 59.5 Å². The Hall–Kier alpha value is -3.59. The Balaban J connectivity index is 1.49. The summed E-state index contributed by atoms with van der Waals surface area (Å²) in [6.07, 6.45) is 0.556. The highest BCUT2D eigenvalue weighted by atomic mass is 19.1. The van der Waals surface area contributed by atoms with Gasteiger partial charge in [0.2, 0.25) is 5.95 Å². The van der Waals surface area contributed by atoms with E-state index in [0.717, 1.165) is 18.8 Å². The van der Waals surface area contributed by atoms with Crippen LogP contribution in [0, 0.1) is 11.8 Å². The molecule has 2 aliphatic rings. The average molecular weight is 479 g/mol. The van der Waals surface area contributed by atoms with E-state index in [1.54, 1.807) is 18.2 Å². The van der Waals surface area contributed by atoms with Crippen molar-refractivity contribution in [2.45, 2.75) is 32.4 Å². The standard InChI is InChI=1S/C26H28F2N6O/c1-14-12-34(13-15(2)33(14)3)18-6-4-16(5-7-18)22-24(28)32-25(29)23(31-22)20-10-17-8-9-30-26(35)19(17)11-21(20)27/h4-7,10-11,14-15H,8-9,12-13H2,1-3H3,(H2,29,32)(H,30,35)/t14-,15+. The number of nitrogens with one attached hydrogen (secondary N) is 1. The van der Waals surface area contributed by atoms with E-state index in [1.807, 2.05) is 12.1 Å². The molecule has 0 saturated carbocycles. The zero-order valence-corrected chi connectivity index (χ0v) is 20.0. The third-order valence-corrected chi connectivity index (χ3v) is 7.12. The molecule has 7 nitrogen and oxygen atoms in total. The van der Waals surface area contributed by atoms with Crippen molar-refractivity contribution in [2.75, 3.05) is 37.3 Å². The first-order valence-electron chi connectivity index (χ1n) is 11.7. The van der Waals surface area contributed by atoms with Gasteiger partial charge in [0, 0.05) is 54.1 Å². The summed E-state index contributed by atoms with van der Waals surface area (Å²) in [7, 11) is 2.13. The molecule has 1 aromatic heterocycles. The van der Waals surface area contributed by atoms with Crippen LogP contribution >= 0.6 is 0 Å². The van der Waals surface area contributed by atoms with E-state index in [1.165, 1.54) is 6.07 Å². The zero-order chi connectivity index (χ0) is 24.9. The minimum absolute atomic E-state index is 0.00396. The zero-order valence-electron chi connectivity index (χ0n) is 20.0. The Bertz CT molecular complexity index is 1280. The average Bonchev–Trinajstić information content (AvgIpc) is 2.83. The van der Waals surface area contributed by atoms with Gasteiger partial charge in [0.05, 0.1) is 0 Å². The molecule has 3 aromatic rings. The summed E-state index contributed by atoms with van der Waals surface area (Å²) in [6.45, 7) is 6.66. The summed E-state index contributed by atoms with van der Waals surface area (Å²) in [5.41, 5.74) is 8.65. The van der Waals surface area contributed by atoms with Crippen molar-refractivity contribution in [2.24, 2.45) is 0 Å². The van der Waals surface area contributed by atoms with Crippen molar-refractivity contribution < 1.29 is 13.6 Å². The van der Waals surface area contributed by atoms with Gasteiger partial charge in [0.1, 0.15) is 17.2 Å². The predicted molar refractivity (Wildman–Crippen MR) is 132 cm³/mol. The van der Waals surface area contributed by atoms with Crippen LogP contribution in [-0.2, 0) is 6.42 Å². The Morgan fingerprint density at radius 2 is 1.69 bits per heavy atom. The normalized spacial score (nSPS) is 20.5. The predicted octanol–water partition coefficient (Wildman–Crippen LogP) is 3.49. The third-order valence-electron chi connectivity index (χ3n) is 7.12. The molecule has 35 heavy (non-hydrogen) atoms. The van der Waals surface area contributed by atoms with E-state index < -0.39 is 11.8 Å². The molecule has 3 N–H and O–H groups in total. The van der Waals surface area contributed by atoms with E-state index in [0.29, 0.717) is 36.2 Å². The van der Waals surface area contributed by atoms with Gasteiger partial charge < -0.3 is 16.0 Å². The molecule has 182 valence electrons. The fourth-order valence-electron chi connectivity index (χ4n) is 4.88. The first kappa shape index (κ1) is 23.2. The summed E-state index contributed by atoms with van der Waals surface area (Å²) in [4.78, 5) is 24.9. The molecule has 2 aromatic carbocycles. The summed E-state index contributed by atoms with van der Waals surface area (Å²) >= 11 is 0. The molecule has 2 aliphatic heterocycles. The number of rotatable bonds is 3. The van der Waals surface area contributed by atoms with Crippen molar-refractivity contribution in [3.63, 3.8) is 0 Å². The van der Waals surface area contributed by atoms with E-state index >= 15 is 0 Å². The number of benzene rings is 2. The summed E-state index contributed by atoms with van der Waals surface area (Å²) in [6, 6.07) is 11.0. The molecule has 0 spiro atoms. The van der Waals surface area contributed by atoms with Gasteiger partial charge in [-0.2, -0.15) is 9.37 Å². The van der Waals surface area contributed by atoms with Crippen LogP contribution in [0.3, 0.4) is 0 Å². The Morgan fingerprint density at radius 3 is 2.37 bits per heavy atom. The molecule has 9 heteroatoms. The van der Waals surface area contributed by atoms with Crippen LogP contribution < -0.4 is 16.0 Å². The quantitative estimate of drug-likeness (QED) is 0.599. The second-order valence-electron chi connectivity index (χ2n) is 9.41. The Morgan fingerprint density at radius 1 is 1.00 bits per heavy atom. The number of nitrogens with zero attached hydrogens (tertiary/aromatic N) is 4. The van der Waals surface area contributed by atoms with Crippen LogP contribution in [0.25, 0.3) is 22.5 Å².